The maximum absolute atomic E-state index is 12.6. The summed E-state index contributed by atoms with van der Waals surface area (Å²) >= 11 is 0. The molecule has 2 aromatic heterocycles. The summed E-state index contributed by atoms with van der Waals surface area (Å²) in [5, 5.41) is 28.9. The van der Waals surface area contributed by atoms with Crippen molar-refractivity contribution in [1.82, 2.24) is 29.9 Å². The maximum Gasteiger partial charge on any atom is 0.248 e. The highest BCUT2D eigenvalue weighted by molar-refractivity contribution is 5.87. The van der Waals surface area contributed by atoms with Gasteiger partial charge in [0.1, 0.15) is 5.75 Å². The Kier molecular flexibility index (Phi) is 12.1. The molecule has 0 bridgehead atoms. The topological polar surface area (TPSA) is 148 Å². The number of ether oxygens (including phenoxy) is 2. The second kappa shape index (κ2) is 16.8. The van der Waals surface area contributed by atoms with Crippen LogP contribution in [0.5, 0.6) is 5.75 Å². The number of carbonyl (C=O) groups excluding carboxylic acids is 1. The van der Waals surface area contributed by atoms with E-state index in [9.17, 15) is 19.8 Å². The summed E-state index contributed by atoms with van der Waals surface area (Å²) in [6.07, 6.45) is 6.31. The lowest BCUT2D eigenvalue weighted by Crippen LogP contribution is -2.56. The Hall–Kier alpha value is -4.27. The number of aryl methyl sites for hydroxylation is 1. The molecule has 1 atom stereocenters. The number of hydrogen-bond acceptors (Lipinski definition) is 10. The minimum absolute atomic E-state index is 0.000417. The summed E-state index contributed by atoms with van der Waals surface area (Å²) in [6, 6.07) is 14.8. The van der Waals surface area contributed by atoms with Crippen molar-refractivity contribution >= 4 is 22.5 Å². The average molecular weight is 702 g/mol. The van der Waals surface area contributed by atoms with E-state index in [-0.39, 0.29) is 29.4 Å². The van der Waals surface area contributed by atoms with Crippen LogP contribution in [0.1, 0.15) is 42.1 Å². The Morgan fingerprint density at radius 3 is 2.76 bits per heavy atom. The van der Waals surface area contributed by atoms with E-state index in [1.54, 1.807) is 24.1 Å². The third kappa shape index (κ3) is 9.54. The zero-order valence-electron chi connectivity index (χ0n) is 29.7. The van der Waals surface area contributed by atoms with Gasteiger partial charge in [0, 0.05) is 84.1 Å². The lowest BCUT2D eigenvalue weighted by atomic mass is 9.89. The molecule has 1 spiro atoms. The van der Waals surface area contributed by atoms with E-state index in [2.05, 4.69) is 55.7 Å². The molecule has 2 fully saturated rings. The summed E-state index contributed by atoms with van der Waals surface area (Å²) in [6.45, 7) is 7.66. The Balaban J connectivity index is 0.849. The molecule has 2 aliphatic heterocycles. The SMILES string of the molecule is CN(CCNC[C@H](O)c1ccc(O)c2[nH]c(=O)ccc12)C(=O)CCOCCc1cccc(CN2CCC3(CC2)CN(c2cnn(C)c2)CCO3)c1. The number of phenols is 1. The standard InChI is InChI=1S/C38H51N7O6/c1-42(17-14-39-24-34(47)31-6-8-33(46)37-32(31)7-9-35(48)41-37)36(49)11-20-50-19-10-28-4-3-5-29(22-28)25-44-15-12-38(13-16-44)27-45(18-21-51-38)30-23-40-43(2)26-30/h3-9,22-23,26,34,39,46-47H,10-21,24-25,27H2,1-2H3,(H,41,48)/t34-/m0/s1. The number of morpholine rings is 1. The molecule has 2 aromatic carbocycles. The number of aromatic hydroxyl groups is 1. The number of aromatic nitrogens is 3. The van der Waals surface area contributed by atoms with Crippen molar-refractivity contribution in [3.05, 3.63) is 88.0 Å². The maximum atomic E-state index is 12.6. The summed E-state index contributed by atoms with van der Waals surface area (Å²) in [5.41, 5.74) is 4.19. The smallest absolute Gasteiger partial charge is 0.248 e. The summed E-state index contributed by atoms with van der Waals surface area (Å²) < 4.78 is 14.1. The average Bonchev–Trinajstić information content (AvgIpc) is 3.57. The van der Waals surface area contributed by atoms with E-state index in [0.29, 0.717) is 49.2 Å². The summed E-state index contributed by atoms with van der Waals surface area (Å²) in [7, 11) is 3.72. The number of pyridine rings is 1. The van der Waals surface area contributed by atoms with Crippen molar-refractivity contribution in [2.75, 3.05) is 77.6 Å². The van der Waals surface area contributed by atoms with Gasteiger partial charge in [0.25, 0.3) is 0 Å². The van der Waals surface area contributed by atoms with Crippen molar-refractivity contribution in [1.29, 1.82) is 0 Å². The molecule has 6 rings (SSSR count). The number of benzene rings is 2. The van der Waals surface area contributed by atoms with Gasteiger partial charge in [-0.15, -0.1) is 0 Å². The van der Waals surface area contributed by atoms with E-state index in [1.807, 2.05) is 17.9 Å². The van der Waals surface area contributed by atoms with E-state index >= 15 is 0 Å². The number of phenolic OH excluding ortho intramolecular Hbond substituents is 1. The Labute approximate surface area is 298 Å². The number of likely N-dealkylation sites (N-methyl/N-ethyl adjacent to an activating group) is 1. The first-order valence-corrected chi connectivity index (χ1v) is 17.9. The van der Waals surface area contributed by atoms with E-state index in [0.717, 1.165) is 58.6 Å². The van der Waals surface area contributed by atoms with Crippen LogP contribution in [-0.4, -0.2) is 119 Å². The quantitative estimate of drug-likeness (QED) is 0.136. The van der Waals surface area contributed by atoms with Crippen LogP contribution in [0.25, 0.3) is 10.9 Å². The zero-order chi connectivity index (χ0) is 35.8. The highest BCUT2D eigenvalue weighted by atomic mass is 16.5. The van der Waals surface area contributed by atoms with Crippen molar-refractivity contribution in [2.24, 2.45) is 7.05 Å². The highest BCUT2D eigenvalue weighted by Crippen LogP contribution is 2.33. The molecule has 0 aliphatic carbocycles. The molecule has 51 heavy (non-hydrogen) atoms. The first kappa shape index (κ1) is 36.5. The molecule has 4 heterocycles. The second-order valence-electron chi connectivity index (χ2n) is 13.9. The Bertz CT molecular complexity index is 1820. The van der Waals surface area contributed by atoms with Crippen LogP contribution >= 0.6 is 0 Å². The number of aliphatic hydroxyl groups excluding tert-OH is 1. The molecule has 13 nitrogen and oxygen atoms in total. The number of H-pyrrole nitrogens is 1. The highest BCUT2D eigenvalue weighted by Gasteiger charge is 2.40. The van der Waals surface area contributed by atoms with Gasteiger partial charge in [-0.3, -0.25) is 19.2 Å². The molecule has 2 aliphatic rings. The van der Waals surface area contributed by atoms with Gasteiger partial charge in [0.2, 0.25) is 11.5 Å². The van der Waals surface area contributed by atoms with Crippen molar-refractivity contribution < 1.29 is 24.5 Å². The van der Waals surface area contributed by atoms with Crippen LogP contribution in [0.3, 0.4) is 0 Å². The monoisotopic (exact) mass is 701 g/mol. The normalized spacial score (nSPS) is 16.9. The summed E-state index contributed by atoms with van der Waals surface area (Å²) in [5.74, 6) is -0.0492. The number of piperidine rings is 1. The molecule has 2 saturated heterocycles. The van der Waals surface area contributed by atoms with Crippen LogP contribution in [0, 0.1) is 0 Å². The number of amides is 1. The Morgan fingerprint density at radius 1 is 1.14 bits per heavy atom. The predicted molar refractivity (Wildman–Crippen MR) is 196 cm³/mol. The molecule has 0 saturated carbocycles. The van der Waals surface area contributed by atoms with E-state index < -0.39 is 6.10 Å². The van der Waals surface area contributed by atoms with Gasteiger partial charge in [-0.2, -0.15) is 5.10 Å². The molecule has 4 aromatic rings. The summed E-state index contributed by atoms with van der Waals surface area (Å²) in [4.78, 5) is 33.5. The lowest BCUT2D eigenvalue weighted by Gasteiger charge is -2.47. The van der Waals surface area contributed by atoms with Crippen LogP contribution in [-0.2, 0) is 34.3 Å². The fraction of sp³-hybridized carbons (Fsp3) is 0.500. The molecular weight excluding hydrogens is 650 g/mol. The van der Waals surface area contributed by atoms with Gasteiger partial charge >= 0.3 is 0 Å². The van der Waals surface area contributed by atoms with Crippen LogP contribution in [0.2, 0.25) is 0 Å². The molecular formula is C38H51N7O6. The number of carbonyl (C=O) groups is 1. The molecule has 274 valence electrons. The number of anilines is 1. The third-order valence-corrected chi connectivity index (χ3v) is 10.1. The zero-order valence-corrected chi connectivity index (χ0v) is 29.7. The van der Waals surface area contributed by atoms with Crippen molar-refractivity contribution in [3.8, 4) is 5.75 Å². The number of aliphatic hydroxyl groups is 1. The van der Waals surface area contributed by atoms with Gasteiger partial charge in [-0.05, 0) is 48.1 Å². The lowest BCUT2D eigenvalue weighted by molar-refractivity contribution is -0.131. The number of nitrogens with zero attached hydrogens (tertiary/aromatic N) is 5. The first-order chi connectivity index (χ1) is 24.7. The molecule has 0 radical (unpaired) electrons. The minimum Gasteiger partial charge on any atom is -0.506 e. The van der Waals surface area contributed by atoms with E-state index in [4.69, 9.17) is 9.47 Å². The fourth-order valence-electron chi connectivity index (χ4n) is 7.11. The number of hydrogen-bond donors (Lipinski definition) is 4. The van der Waals surface area contributed by atoms with Crippen molar-refractivity contribution in [3.63, 3.8) is 0 Å². The minimum atomic E-state index is -0.853. The molecule has 4 N–H and O–H groups in total. The van der Waals surface area contributed by atoms with Crippen molar-refractivity contribution in [2.45, 2.75) is 43.9 Å². The van der Waals surface area contributed by atoms with Gasteiger partial charge < -0.3 is 39.8 Å². The number of rotatable bonds is 15. The number of likely N-dealkylation sites (tertiary alicyclic amines) is 1. The van der Waals surface area contributed by atoms with Gasteiger partial charge in [-0.25, -0.2) is 0 Å². The number of nitrogens with one attached hydrogen (secondary N) is 2. The van der Waals surface area contributed by atoms with Gasteiger partial charge in [-0.1, -0.05) is 30.3 Å². The Morgan fingerprint density at radius 2 is 1.96 bits per heavy atom. The van der Waals surface area contributed by atoms with Gasteiger partial charge in [0.15, 0.2) is 0 Å². The number of fused-ring (bicyclic) bond motifs is 1. The van der Waals surface area contributed by atoms with Crippen LogP contribution in [0.15, 0.2) is 65.7 Å². The predicted octanol–water partition coefficient (Wildman–Crippen LogP) is 2.57. The molecule has 13 heteroatoms. The third-order valence-electron chi connectivity index (χ3n) is 10.1. The van der Waals surface area contributed by atoms with Gasteiger partial charge in [0.05, 0.1) is 55.3 Å². The first-order valence-electron chi connectivity index (χ1n) is 17.9. The number of aromatic amines is 1. The second-order valence-corrected chi connectivity index (χ2v) is 13.9. The van der Waals surface area contributed by atoms with Crippen LogP contribution in [0.4, 0.5) is 5.69 Å². The van der Waals surface area contributed by atoms with E-state index in [1.165, 1.54) is 28.9 Å². The molecule has 0 unspecified atom stereocenters. The molecule has 1 amide bonds. The van der Waals surface area contributed by atoms with Crippen LogP contribution < -0.4 is 15.8 Å². The fourth-order valence-corrected chi connectivity index (χ4v) is 7.11. The largest absolute Gasteiger partial charge is 0.506 e.